The minimum Gasteiger partial charge on any atom is -0.490 e. The van der Waals surface area contributed by atoms with Gasteiger partial charge in [-0.3, -0.25) is 4.79 Å². The molecule has 0 radical (unpaired) electrons. The van der Waals surface area contributed by atoms with Gasteiger partial charge in [-0.25, -0.2) is 0 Å². The highest BCUT2D eigenvalue weighted by molar-refractivity contribution is 5.72. The van der Waals surface area contributed by atoms with Crippen LogP contribution in [0.3, 0.4) is 0 Å². The van der Waals surface area contributed by atoms with E-state index in [1.807, 2.05) is 37.3 Å². The van der Waals surface area contributed by atoms with Crippen molar-refractivity contribution in [3.05, 3.63) is 30.3 Å². The number of hydrogen-bond acceptors (Lipinski definition) is 3. The lowest BCUT2D eigenvalue weighted by atomic mass is 9.87. The van der Waals surface area contributed by atoms with E-state index in [9.17, 15) is 4.79 Å². The number of ether oxygens (including phenoxy) is 2. The third kappa shape index (κ3) is 3.49. The molecule has 0 saturated heterocycles. The van der Waals surface area contributed by atoms with Gasteiger partial charge >= 0.3 is 5.97 Å². The van der Waals surface area contributed by atoms with Crippen LogP contribution in [0.1, 0.15) is 32.6 Å². The SMILES string of the molecule is CCOC(=O)C1CCCC(Oc2ccccc2)C1. The topological polar surface area (TPSA) is 35.5 Å². The van der Waals surface area contributed by atoms with Crippen LogP contribution in [0.5, 0.6) is 5.75 Å². The average Bonchev–Trinajstić information content (AvgIpc) is 2.40. The predicted octanol–water partition coefficient (Wildman–Crippen LogP) is 3.19. The zero-order valence-corrected chi connectivity index (χ0v) is 10.8. The summed E-state index contributed by atoms with van der Waals surface area (Å²) in [6.45, 7) is 2.30. The zero-order chi connectivity index (χ0) is 12.8. The van der Waals surface area contributed by atoms with Crippen molar-refractivity contribution in [1.29, 1.82) is 0 Å². The second-order valence-electron chi connectivity index (χ2n) is 4.67. The maximum atomic E-state index is 11.7. The van der Waals surface area contributed by atoms with Gasteiger partial charge < -0.3 is 9.47 Å². The Hall–Kier alpha value is -1.51. The van der Waals surface area contributed by atoms with Crippen LogP contribution < -0.4 is 4.74 Å². The smallest absolute Gasteiger partial charge is 0.309 e. The molecule has 2 atom stereocenters. The van der Waals surface area contributed by atoms with E-state index in [1.54, 1.807) is 0 Å². The first-order valence-electron chi connectivity index (χ1n) is 6.68. The second kappa shape index (κ2) is 6.43. The Balaban J connectivity index is 1.89. The molecule has 0 aliphatic heterocycles. The van der Waals surface area contributed by atoms with Gasteiger partial charge in [-0.05, 0) is 44.7 Å². The summed E-state index contributed by atoms with van der Waals surface area (Å²) in [5, 5.41) is 0. The Kier molecular flexibility index (Phi) is 4.62. The lowest BCUT2D eigenvalue weighted by Crippen LogP contribution is -2.30. The van der Waals surface area contributed by atoms with Crippen molar-refractivity contribution < 1.29 is 14.3 Å². The maximum Gasteiger partial charge on any atom is 0.309 e. The number of carbonyl (C=O) groups excluding carboxylic acids is 1. The molecule has 0 heterocycles. The molecule has 0 spiro atoms. The first-order chi connectivity index (χ1) is 8.79. The summed E-state index contributed by atoms with van der Waals surface area (Å²) < 4.78 is 11.0. The highest BCUT2D eigenvalue weighted by Crippen LogP contribution is 2.28. The molecule has 3 nitrogen and oxygen atoms in total. The van der Waals surface area contributed by atoms with E-state index < -0.39 is 0 Å². The number of hydrogen-bond donors (Lipinski definition) is 0. The fourth-order valence-electron chi connectivity index (χ4n) is 2.42. The summed E-state index contributed by atoms with van der Waals surface area (Å²) in [6.07, 6.45) is 3.88. The number of rotatable bonds is 4. The van der Waals surface area contributed by atoms with Gasteiger partial charge in [0.1, 0.15) is 5.75 Å². The quantitative estimate of drug-likeness (QED) is 0.768. The van der Waals surface area contributed by atoms with Crippen LogP contribution in [0.2, 0.25) is 0 Å². The van der Waals surface area contributed by atoms with Crippen LogP contribution in [0.4, 0.5) is 0 Å². The van der Waals surface area contributed by atoms with Crippen LogP contribution in [0.15, 0.2) is 30.3 Å². The van der Waals surface area contributed by atoms with E-state index in [0.29, 0.717) is 6.61 Å². The van der Waals surface area contributed by atoms with E-state index in [4.69, 9.17) is 9.47 Å². The van der Waals surface area contributed by atoms with E-state index >= 15 is 0 Å². The number of esters is 1. The zero-order valence-electron chi connectivity index (χ0n) is 10.8. The first kappa shape index (κ1) is 12.9. The van der Waals surface area contributed by atoms with Crippen molar-refractivity contribution in [3.8, 4) is 5.75 Å². The van der Waals surface area contributed by atoms with Gasteiger partial charge in [-0.2, -0.15) is 0 Å². The fourth-order valence-corrected chi connectivity index (χ4v) is 2.42. The minimum absolute atomic E-state index is 0.00686. The Morgan fingerprint density at radius 2 is 2.06 bits per heavy atom. The van der Waals surface area contributed by atoms with E-state index in [1.165, 1.54) is 0 Å². The summed E-state index contributed by atoms with van der Waals surface area (Å²) in [7, 11) is 0. The van der Waals surface area contributed by atoms with Crippen LogP contribution in [0.25, 0.3) is 0 Å². The van der Waals surface area contributed by atoms with Crippen LogP contribution >= 0.6 is 0 Å². The molecule has 1 aromatic rings. The van der Waals surface area contributed by atoms with Gasteiger partial charge in [0.05, 0.1) is 18.6 Å². The largest absolute Gasteiger partial charge is 0.490 e. The van der Waals surface area contributed by atoms with Crippen molar-refractivity contribution in [3.63, 3.8) is 0 Å². The van der Waals surface area contributed by atoms with Crippen molar-refractivity contribution in [2.75, 3.05) is 6.61 Å². The Morgan fingerprint density at radius 1 is 1.28 bits per heavy atom. The summed E-state index contributed by atoms with van der Waals surface area (Å²) in [6, 6.07) is 9.79. The van der Waals surface area contributed by atoms with E-state index in [0.717, 1.165) is 31.4 Å². The molecule has 1 aromatic carbocycles. The van der Waals surface area contributed by atoms with E-state index in [2.05, 4.69) is 0 Å². The van der Waals surface area contributed by atoms with Crippen LogP contribution in [-0.4, -0.2) is 18.7 Å². The van der Waals surface area contributed by atoms with Crippen molar-refractivity contribution in [2.45, 2.75) is 38.7 Å². The summed E-state index contributed by atoms with van der Waals surface area (Å²) in [5.74, 6) is 0.818. The molecular formula is C15H20O3. The van der Waals surface area contributed by atoms with Gasteiger partial charge in [0.2, 0.25) is 0 Å². The van der Waals surface area contributed by atoms with Gasteiger partial charge in [0, 0.05) is 0 Å². The Morgan fingerprint density at radius 3 is 2.78 bits per heavy atom. The second-order valence-corrected chi connectivity index (χ2v) is 4.67. The van der Waals surface area contributed by atoms with Crippen molar-refractivity contribution in [2.24, 2.45) is 5.92 Å². The molecule has 2 rings (SSSR count). The first-order valence-corrected chi connectivity index (χ1v) is 6.68. The summed E-state index contributed by atoms with van der Waals surface area (Å²) in [5.41, 5.74) is 0. The fraction of sp³-hybridized carbons (Fsp3) is 0.533. The number of carbonyl (C=O) groups is 1. The number of para-hydroxylation sites is 1. The van der Waals surface area contributed by atoms with Gasteiger partial charge in [0.15, 0.2) is 0 Å². The van der Waals surface area contributed by atoms with Gasteiger partial charge in [-0.1, -0.05) is 18.2 Å². The molecule has 0 amide bonds. The molecule has 98 valence electrons. The van der Waals surface area contributed by atoms with Crippen LogP contribution in [-0.2, 0) is 9.53 Å². The normalized spacial score (nSPS) is 23.4. The molecule has 3 heteroatoms. The molecule has 0 N–H and O–H groups in total. The van der Waals surface area contributed by atoms with Gasteiger partial charge in [0.25, 0.3) is 0 Å². The molecule has 1 aliphatic carbocycles. The lowest BCUT2D eigenvalue weighted by Gasteiger charge is -2.28. The molecule has 0 aromatic heterocycles. The van der Waals surface area contributed by atoms with Crippen molar-refractivity contribution in [1.82, 2.24) is 0 Å². The minimum atomic E-state index is -0.0705. The Bertz CT molecular complexity index is 375. The summed E-state index contributed by atoms with van der Waals surface area (Å²) >= 11 is 0. The average molecular weight is 248 g/mol. The van der Waals surface area contributed by atoms with Crippen molar-refractivity contribution >= 4 is 5.97 Å². The standard InChI is InChI=1S/C15H20O3/c1-2-17-15(16)12-7-6-10-14(11-12)18-13-8-4-3-5-9-13/h3-5,8-9,12,14H,2,6-7,10-11H2,1H3. The van der Waals surface area contributed by atoms with Gasteiger partial charge in [-0.15, -0.1) is 0 Å². The van der Waals surface area contributed by atoms with Crippen LogP contribution in [0, 0.1) is 5.92 Å². The molecular weight excluding hydrogens is 228 g/mol. The molecule has 2 unspecified atom stereocenters. The molecule has 1 fully saturated rings. The highest BCUT2D eigenvalue weighted by atomic mass is 16.5. The van der Waals surface area contributed by atoms with E-state index in [-0.39, 0.29) is 18.0 Å². The predicted molar refractivity (Wildman–Crippen MR) is 69.4 cm³/mol. The summed E-state index contributed by atoms with van der Waals surface area (Å²) in [4.78, 5) is 11.7. The maximum absolute atomic E-state index is 11.7. The molecule has 0 bridgehead atoms. The monoisotopic (exact) mass is 248 g/mol. The number of benzene rings is 1. The lowest BCUT2D eigenvalue weighted by molar-refractivity contribution is -0.150. The third-order valence-electron chi connectivity index (χ3n) is 3.29. The molecule has 1 aliphatic rings. The molecule has 1 saturated carbocycles. The highest BCUT2D eigenvalue weighted by Gasteiger charge is 2.29. The Labute approximate surface area is 108 Å². The molecule has 18 heavy (non-hydrogen) atoms. The third-order valence-corrected chi connectivity index (χ3v) is 3.29.